The first-order valence-electron chi connectivity index (χ1n) is 4.39. The first kappa shape index (κ1) is 15.0. The van der Waals surface area contributed by atoms with Crippen molar-refractivity contribution in [2.45, 2.75) is 4.21 Å². The van der Waals surface area contributed by atoms with Gasteiger partial charge in [0.25, 0.3) is 10.0 Å². The molecule has 90 valence electrons. The van der Waals surface area contributed by atoms with Gasteiger partial charge in [-0.15, -0.1) is 11.3 Å². The fourth-order valence-corrected chi connectivity index (χ4v) is 4.52. The molecule has 1 fully saturated rings. The summed E-state index contributed by atoms with van der Waals surface area (Å²) >= 11 is 6.62. The number of rotatable bonds is 3. The Morgan fingerprint density at radius 1 is 1.47 bits per heavy atom. The molecule has 0 spiro atoms. The van der Waals surface area contributed by atoms with Gasteiger partial charge in [-0.25, -0.2) is 8.42 Å². The van der Waals surface area contributed by atoms with Gasteiger partial charge in [0.2, 0.25) is 0 Å². The Bertz CT molecular complexity index is 523. The van der Waals surface area contributed by atoms with E-state index in [2.05, 4.69) is 0 Å². The molecule has 0 atom stereocenters. The van der Waals surface area contributed by atoms with E-state index in [9.17, 15) is 13.2 Å². The van der Waals surface area contributed by atoms with Crippen molar-refractivity contribution in [3.8, 4) is 0 Å². The minimum absolute atomic E-state index is 0. The van der Waals surface area contributed by atoms with Crippen molar-refractivity contribution in [3.05, 3.63) is 16.5 Å². The second-order valence-electron chi connectivity index (χ2n) is 3.42. The van der Waals surface area contributed by atoms with E-state index >= 15 is 0 Å². The van der Waals surface area contributed by atoms with Crippen molar-refractivity contribution >= 4 is 57.8 Å². The van der Waals surface area contributed by atoms with E-state index in [1.807, 2.05) is 0 Å². The van der Waals surface area contributed by atoms with E-state index in [1.54, 1.807) is 0 Å². The van der Waals surface area contributed by atoms with Crippen molar-refractivity contribution in [3.63, 3.8) is 0 Å². The molecular weight excluding hydrogens is 281 g/mol. The molecule has 17 heavy (non-hydrogen) atoms. The Hall–Kier alpha value is -0.0326. The minimum atomic E-state index is -3.54. The second-order valence-corrected chi connectivity index (χ2v) is 7.30. The molecule has 1 saturated heterocycles. The van der Waals surface area contributed by atoms with E-state index in [0.717, 1.165) is 15.6 Å². The second kappa shape index (κ2) is 5.30. The Kier molecular flexibility index (Phi) is 4.69. The van der Waals surface area contributed by atoms with Crippen LogP contribution in [0.4, 0.5) is 0 Å². The summed E-state index contributed by atoms with van der Waals surface area (Å²) in [7, 11) is -3.54. The summed E-state index contributed by atoms with van der Waals surface area (Å²) in [6, 6.07) is 2.93. The van der Waals surface area contributed by atoms with E-state index in [0.29, 0.717) is 4.34 Å². The van der Waals surface area contributed by atoms with Crippen LogP contribution in [-0.2, 0) is 14.8 Å². The van der Waals surface area contributed by atoms with Gasteiger partial charge in [-0.3, -0.25) is 4.79 Å². The molecule has 5 nitrogen and oxygen atoms in total. The molecule has 0 radical (unpaired) electrons. The van der Waals surface area contributed by atoms with Gasteiger partial charge in [-0.2, -0.15) is 4.31 Å². The number of hydrogen-bond acceptors (Lipinski definition) is 4. The third-order valence-electron chi connectivity index (χ3n) is 2.34. The van der Waals surface area contributed by atoms with Gasteiger partial charge in [0, 0.05) is 13.1 Å². The zero-order chi connectivity index (χ0) is 11.9. The topological polar surface area (TPSA) is 74.7 Å². The molecule has 2 rings (SSSR count). The Morgan fingerprint density at radius 3 is 2.47 bits per heavy atom. The SMILES string of the molecule is O=C(O)C1CN(S(=O)(=O)c2ccc(Cl)s2)C1.[LiH]. The summed E-state index contributed by atoms with van der Waals surface area (Å²) in [5.41, 5.74) is 0. The number of aliphatic carboxylic acids is 1. The van der Waals surface area contributed by atoms with Crippen molar-refractivity contribution in [2.24, 2.45) is 5.92 Å². The quantitative estimate of drug-likeness (QED) is 0.820. The van der Waals surface area contributed by atoms with Crippen LogP contribution in [0, 0.1) is 5.92 Å². The van der Waals surface area contributed by atoms with Crippen LogP contribution in [0.3, 0.4) is 0 Å². The van der Waals surface area contributed by atoms with Crippen LogP contribution in [0.2, 0.25) is 4.34 Å². The Labute approximate surface area is 120 Å². The third kappa shape index (κ3) is 2.87. The van der Waals surface area contributed by atoms with Crippen LogP contribution in [0.5, 0.6) is 0 Å². The molecule has 1 aliphatic rings. The Balaban J connectivity index is 0.00000144. The molecule has 1 N–H and O–H groups in total. The van der Waals surface area contributed by atoms with Gasteiger partial charge >= 0.3 is 24.8 Å². The molecule has 0 bridgehead atoms. The molecular formula is C8H9ClLiNO4S2. The van der Waals surface area contributed by atoms with Crippen molar-refractivity contribution < 1.29 is 18.3 Å². The fourth-order valence-electron chi connectivity index (χ4n) is 1.35. The van der Waals surface area contributed by atoms with Crippen LogP contribution in [0.25, 0.3) is 0 Å². The first-order valence-corrected chi connectivity index (χ1v) is 7.03. The van der Waals surface area contributed by atoms with Crippen LogP contribution in [0.15, 0.2) is 16.3 Å². The van der Waals surface area contributed by atoms with E-state index < -0.39 is 21.9 Å². The summed E-state index contributed by atoms with van der Waals surface area (Å²) in [5.74, 6) is -1.55. The van der Waals surface area contributed by atoms with Gasteiger partial charge in [-0.05, 0) is 12.1 Å². The number of sulfonamides is 1. The van der Waals surface area contributed by atoms with Gasteiger partial charge in [0.15, 0.2) is 0 Å². The maximum absolute atomic E-state index is 11.9. The fraction of sp³-hybridized carbons (Fsp3) is 0.375. The van der Waals surface area contributed by atoms with Gasteiger partial charge in [0.1, 0.15) is 4.21 Å². The number of halogens is 1. The molecule has 1 aromatic rings. The zero-order valence-corrected chi connectivity index (χ0v) is 10.3. The normalized spacial score (nSPS) is 17.2. The van der Waals surface area contributed by atoms with Crippen molar-refractivity contribution in [1.82, 2.24) is 4.31 Å². The third-order valence-corrected chi connectivity index (χ3v) is 5.87. The number of hydrogen-bond donors (Lipinski definition) is 1. The molecule has 2 heterocycles. The van der Waals surface area contributed by atoms with Crippen molar-refractivity contribution in [2.75, 3.05) is 13.1 Å². The van der Waals surface area contributed by atoms with Crippen LogP contribution < -0.4 is 0 Å². The molecule has 1 aliphatic heterocycles. The molecule has 0 unspecified atom stereocenters. The monoisotopic (exact) mass is 289 g/mol. The number of nitrogens with zero attached hydrogens (tertiary/aromatic N) is 1. The van der Waals surface area contributed by atoms with Crippen LogP contribution in [0.1, 0.15) is 0 Å². The molecule has 0 aromatic carbocycles. The molecule has 0 amide bonds. The summed E-state index contributed by atoms with van der Waals surface area (Å²) in [5, 5.41) is 8.65. The summed E-state index contributed by atoms with van der Waals surface area (Å²) in [6.45, 7) is 0.0698. The Morgan fingerprint density at radius 2 is 2.06 bits per heavy atom. The standard InChI is InChI=1S/C8H8ClNO4S2.Li.H/c9-6-1-2-7(15-6)16(13,14)10-3-5(4-10)8(11)12;;/h1-2,5H,3-4H2,(H,11,12);;. The average molecular weight is 290 g/mol. The number of carbonyl (C=O) groups is 1. The first-order chi connectivity index (χ1) is 7.41. The molecule has 0 aliphatic carbocycles. The van der Waals surface area contributed by atoms with E-state index in [-0.39, 0.29) is 36.2 Å². The summed E-state index contributed by atoms with van der Waals surface area (Å²) in [4.78, 5) is 10.6. The number of thiophene rings is 1. The van der Waals surface area contributed by atoms with Crippen LogP contribution >= 0.6 is 22.9 Å². The van der Waals surface area contributed by atoms with Gasteiger partial charge in [-0.1, -0.05) is 11.6 Å². The molecule has 0 saturated carbocycles. The summed E-state index contributed by atoms with van der Waals surface area (Å²) in [6.07, 6.45) is 0. The van der Waals surface area contributed by atoms with Crippen molar-refractivity contribution in [1.29, 1.82) is 0 Å². The van der Waals surface area contributed by atoms with Crippen LogP contribution in [-0.4, -0.2) is 55.7 Å². The predicted molar refractivity (Wildman–Crippen MR) is 66.4 cm³/mol. The number of carboxylic acid groups (broad SMARTS) is 1. The molecule has 1 aromatic heterocycles. The summed E-state index contributed by atoms with van der Waals surface area (Å²) < 4.78 is 25.5. The number of carboxylic acids is 1. The average Bonchev–Trinajstić information content (AvgIpc) is 2.47. The molecule has 9 heteroatoms. The van der Waals surface area contributed by atoms with Gasteiger partial charge < -0.3 is 5.11 Å². The van der Waals surface area contributed by atoms with E-state index in [4.69, 9.17) is 16.7 Å². The maximum atomic E-state index is 11.9. The van der Waals surface area contributed by atoms with Gasteiger partial charge in [0.05, 0.1) is 10.3 Å². The zero-order valence-electron chi connectivity index (χ0n) is 7.96. The van der Waals surface area contributed by atoms with E-state index in [1.165, 1.54) is 12.1 Å². The predicted octanol–water partition coefficient (Wildman–Crippen LogP) is 0.458.